The second-order valence-corrected chi connectivity index (χ2v) is 7.66. The molecular formula is C17H29N5O2. The highest BCUT2D eigenvalue weighted by Crippen LogP contribution is 2.34. The summed E-state index contributed by atoms with van der Waals surface area (Å²) >= 11 is 0. The van der Waals surface area contributed by atoms with Crippen LogP contribution in [0.5, 0.6) is 0 Å². The molecule has 2 aliphatic heterocycles. The highest BCUT2D eigenvalue weighted by molar-refractivity contribution is 5.70. The zero-order chi connectivity index (χ0) is 17.2. The van der Waals surface area contributed by atoms with Crippen molar-refractivity contribution in [2.24, 2.45) is 5.92 Å². The van der Waals surface area contributed by atoms with Crippen LogP contribution in [-0.2, 0) is 11.3 Å². The van der Waals surface area contributed by atoms with E-state index in [1.807, 2.05) is 9.58 Å². The number of rotatable bonds is 6. The van der Waals surface area contributed by atoms with Crippen molar-refractivity contribution in [2.45, 2.75) is 58.2 Å². The Bertz CT molecular complexity index is 537. The molecule has 1 spiro atoms. The van der Waals surface area contributed by atoms with Gasteiger partial charge in [0.05, 0.1) is 13.1 Å². The van der Waals surface area contributed by atoms with E-state index >= 15 is 0 Å². The fourth-order valence-electron chi connectivity index (χ4n) is 3.62. The quantitative estimate of drug-likeness (QED) is 0.796. The van der Waals surface area contributed by atoms with Gasteiger partial charge < -0.3 is 9.64 Å². The lowest BCUT2D eigenvalue weighted by molar-refractivity contribution is -0.0102. The second kappa shape index (κ2) is 7.09. The lowest BCUT2D eigenvalue weighted by Gasteiger charge is -2.40. The van der Waals surface area contributed by atoms with Crippen LogP contribution < -0.4 is 0 Å². The molecule has 134 valence electrons. The molecule has 7 heteroatoms. The summed E-state index contributed by atoms with van der Waals surface area (Å²) in [7, 11) is 0. The van der Waals surface area contributed by atoms with Gasteiger partial charge in [0.2, 0.25) is 0 Å². The van der Waals surface area contributed by atoms with E-state index in [0.717, 1.165) is 52.0 Å². The van der Waals surface area contributed by atoms with E-state index in [1.54, 1.807) is 12.7 Å². The molecule has 2 aliphatic rings. The van der Waals surface area contributed by atoms with Crippen molar-refractivity contribution in [3.8, 4) is 0 Å². The van der Waals surface area contributed by atoms with Crippen LogP contribution in [0.1, 0.15) is 40.0 Å². The van der Waals surface area contributed by atoms with Crippen LogP contribution in [0.3, 0.4) is 0 Å². The summed E-state index contributed by atoms with van der Waals surface area (Å²) in [4.78, 5) is 20.5. The summed E-state index contributed by atoms with van der Waals surface area (Å²) in [6, 6.07) is 0.401. The third-order valence-electron chi connectivity index (χ3n) is 5.27. The van der Waals surface area contributed by atoms with Crippen molar-refractivity contribution in [3.05, 3.63) is 12.7 Å². The zero-order valence-electron chi connectivity index (χ0n) is 15.0. The standard InChI is InChI=1S/C17H29N5O2/c1-14(2)4-7-21-11-17(24-16(21)23)5-8-20(9-6-17)15(3)10-22-13-18-12-19-22/h12-15H,4-11H2,1-3H3. The van der Waals surface area contributed by atoms with Gasteiger partial charge in [0.15, 0.2) is 0 Å². The summed E-state index contributed by atoms with van der Waals surface area (Å²) in [5.74, 6) is 0.605. The Hall–Kier alpha value is -1.63. The molecule has 24 heavy (non-hydrogen) atoms. The number of ether oxygens (including phenoxy) is 1. The van der Waals surface area contributed by atoms with Crippen LogP contribution in [0.2, 0.25) is 0 Å². The van der Waals surface area contributed by atoms with Gasteiger partial charge in [0.25, 0.3) is 0 Å². The summed E-state index contributed by atoms with van der Waals surface area (Å²) in [6.07, 6.45) is 6.07. The molecule has 0 aliphatic carbocycles. The zero-order valence-corrected chi connectivity index (χ0v) is 15.0. The number of carbonyl (C=O) groups excluding carboxylic acids is 1. The molecule has 2 fully saturated rings. The Morgan fingerprint density at radius 1 is 1.29 bits per heavy atom. The molecular weight excluding hydrogens is 306 g/mol. The molecule has 0 aromatic carbocycles. The van der Waals surface area contributed by atoms with E-state index in [-0.39, 0.29) is 11.7 Å². The number of carbonyl (C=O) groups is 1. The van der Waals surface area contributed by atoms with E-state index < -0.39 is 0 Å². The molecule has 1 aromatic rings. The molecule has 1 aromatic heterocycles. The van der Waals surface area contributed by atoms with Gasteiger partial charge in [-0.2, -0.15) is 5.10 Å². The average molecular weight is 335 g/mol. The van der Waals surface area contributed by atoms with Gasteiger partial charge in [0.1, 0.15) is 18.3 Å². The number of aromatic nitrogens is 3. The minimum absolute atomic E-state index is 0.125. The maximum atomic E-state index is 12.2. The van der Waals surface area contributed by atoms with Crippen molar-refractivity contribution in [3.63, 3.8) is 0 Å². The Kier molecular flexibility index (Phi) is 5.08. The second-order valence-electron chi connectivity index (χ2n) is 7.66. The molecule has 3 heterocycles. The molecule has 1 amide bonds. The van der Waals surface area contributed by atoms with Gasteiger partial charge in [0, 0.05) is 38.5 Å². The van der Waals surface area contributed by atoms with Crippen molar-refractivity contribution in [1.29, 1.82) is 0 Å². The Morgan fingerprint density at radius 3 is 2.67 bits per heavy atom. The first-order valence-corrected chi connectivity index (χ1v) is 9.02. The summed E-state index contributed by atoms with van der Waals surface area (Å²) in [5.41, 5.74) is -0.266. The fourth-order valence-corrected chi connectivity index (χ4v) is 3.62. The fraction of sp³-hybridized carbons (Fsp3) is 0.824. The molecule has 1 unspecified atom stereocenters. The van der Waals surface area contributed by atoms with Gasteiger partial charge in [-0.25, -0.2) is 9.78 Å². The number of hydrogen-bond acceptors (Lipinski definition) is 5. The number of piperidine rings is 1. The van der Waals surface area contributed by atoms with Crippen molar-refractivity contribution >= 4 is 6.09 Å². The van der Waals surface area contributed by atoms with Crippen molar-refractivity contribution < 1.29 is 9.53 Å². The number of amides is 1. The molecule has 3 rings (SSSR count). The monoisotopic (exact) mass is 335 g/mol. The topological polar surface area (TPSA) is 63.5 Å². The molecule has 0 bridgehead atoms. The van der Waals surface area contributed by atoms with Gasteiger partial charge in [-0.15, -0.1) is 0 Å². The third kappa shape index (κ3) is 3.88. The van der Waals surface area contributed by atoms with Crippen LogP contribution in [0.25, 0.3) is 0 Å². The largest absolute Gasteiger partial charge is 0.441 e. The highest BCUT2D eigenvalue weighted by atomic mass is 16.6. The van der Waals surface area contributed by atoms with Crippen LogP contribution in [0.15, 0.2) is 12.7 Å². The highest BCUT2D eigenvalue weighted by Gasteiger charge is 2.47. The van der Waals surface area contributed by atoms with E-state index in [9.17, 15) is 4.79 Å². The average Bonchev–Trinajstić information content (AvgIpc) is 3.14. The Morgan fingerprint density at radius 2 is 2.04 bits per heavy atom. The number of nitrogens with zero attached hydrogens (tertiary/aromatic N) is 5. The van der Waals surface area contributed by atoms with Crippen LogP contribution >= 0.6 is 0 Å². The normalized spacial score (nSPS) is 22.3. The molecule has 7 nitrogen and oxygen atoms in total. The van der Waals surface area contributed by atoms with Gasteiger partial charge in [-0.1, -0.05) is 13.8 Å². The maximum Gasteiger partial charge on any atom is 0.410 e. The predicted molar refractivity (Wildman–Crippen MR) is 90.5 cm³/mol. The lowest BCUT2D eigenvalue weighted by atomic mass is 9.90. The van der Waals surface area contributed by atoms with E-state index in [0.29, 0.717) is 12.0 Å². The van der Waals surface area contributed by atoms with Gasteiger partial charge >= 0.3 is 6.09 Å². The summed E-state index contributed by atoms with van der Waals surface area (Å²) in [5, 5.41) is 4.18. The minimum atomic E-state index is -0.266. The summed E-state index contributed by atoms with van der Waals surface area (Å²) in [6.45, 7) is 10.9. The van der Waals surface area contributed by atoms with Crippen LogP contribution in [0, 0.1) is 5.92 Å². The van der Waals surface area contributed by atoms with E-state index in [1.165, 1.54) is 0 Å². The number of hydrogen-bond donors (Lipinski definition) is 0. The van der Waals surface area contributed by atoms with Gasteiger partial charge in [-0.3, -0.25) is 9.58 Å². The lowest BCUT2D eigenvalue weighted by Crippen LogP contribution is -2.50. The molecule has 0 radical (unpaired) electrons. The van der Waals surface area contributed by atoms with Crippen molar-refractivity contribution in [2.75, 3.05) is 26.2 Å². The van der Waals surface area contributed by atoms with Gasteiger partial charge in [-0.05, 0) is 19.3 Å². The van der Waals surface area contributed by atoms with Crippen molar-refractivity contribution in [1.82, 2.24) is 24.6 Å². The minimum Gasteiger partial charge on any atom is -0.441 e. The SMILES string of the molecule is CC(C)CCN1CC2(CCN(C(C)Cn3cncn3)CC2)OC1=O. The first-order valence-electron chi connectivity index (χ1n) is 9.02. The van der Waals surface area contributed by atoms with E-state index in [2.05, 4.69) is 35.8 Å². The molecule has 0 saturated carbocycles. The smallest absolute Gasteiger partial charge is 0.410 e. The number of likely N-dealkylation sites (tertiary alicyclic amines) is 1. The predicted octanol–water partition coefficient (Wildman–Crippen LogP) is 2.00. The third-order valence-corrected chi connectivity index (χ3v) is 5.27. The van der Waals surface area contributed by atoms with Crippen LogP contribution in [0.4, 0.5) is 4.79 Å². The van der Waals surface area contributed by atoms with Crippen LogP contribution in [-0.4, -0.2) is 68.5 Å². The Balaban J connectivity index is 1.50. The first-order chi connectivity index (χ1) is 11.5. The Labute approximate surface area is 144 Å². The van der Waals surface area contributed by atoms with E-state index in [4.69, 9.17) is 4.74 Å². The first kappa shape index (κ1) is 17.2. The molecule has 2 saturated heterocycles. The molecule has 1 atom stereocenters. The molecule has 0 N–H and O–H groups in total. The maximum absolute atomic E-state index is 12.2. The summed E-state index contributed by atoms with van der Waals surface area (Å²) < 4.78 is 7.67.